The zero-order valence-electron chi connectivity index (χ0n) is 11.5. The fraction of sp³-hybridized carbons (Fsp3) is 0.583. The first-order valence-electron chi connectivity index (χ1n) is 6.37. The highest BCUT2D eigenvalue weighted by molar-refractivity contribution is 6.31. The van der Waals surface area contributed by atoms with Crippen LogP contribution in [0.15, 0.2) is 6.33 Å². The van der Waals surface area contributed by atoms with E-state index in [2.05, 4.69) is 27.4 Å². The van der Waals surface area contributed by atoms with E-state index in [0.29, 0.717) is 6.54 Å². The van der Waals surface area contributed by atoms with Crippen molar-refractivity contribution in [3.05, 3.63) is 28.6 Å². The van der Waals surface area contributed by atoms with E-state index < -0.39 is 0 Å². The van der Waals surface area contributed by atoms with E-state index in [1.54, 1.807) is 11.0 Å². The minimum Gasteiger partial charge on any atom is -0.311 e. The number of aromatic nitrogens is 5. The van der Waals surface area contributed by atoms with Crippen LogP contribution in [0.5, 0.6) is 0 Å². The molecule has 0 aliphatic rings. The van der Waals surface area contributed by atoms with Gasteiger partial charge in [-0.15, -0.1) is 0 Å². The van der Waals surface area contributed by atoms with E-state index in [0.717, 1.165) is 41.6 Å². The smallest absolute Gasteiger partial charge is 0.151 e. The summed E-state index contributed by atoms with van der Waals surface area (Å²) >= 11 is 6.28. The largest absolute Gasteiger partial charge is 0.311 e. The van der Waals surface area contributed by atoms with Gasteiger partial charge in [0.2, 0.25) is 0 Å². The summed E-state index contributed by atoms with van der Waals surface area (Å²) in [6.45, 7) is 3.57. The molecule has 7 heteroatoms. The fourth-order valence-electron chi connectivity index (χ4n) is 1.92. The molecule has 19 heavy (non-hydrogen) atoms. The molecule has 0 saturated heterocycles. The maximum absolute atomic E-state index is 6.28. The molecule has 2 aromatic rings. The van der Waals surface area contributed by atoms with Gasteiger partial charge >= 0.3 is 0 Å². The maximum Gasteiger partial charge on any atom is 0.151 e. The van der Waals surface area contributed by atoms with Crippen LogP contribution in [0.25, 0.3) is 0 Å². The molecular weight excluding hydrogens is 264 g/mol. The lowest BCUT2D eigenvalue weighted by atomic mass is 10.3. The van der Waals surface area contributed by atoms with Crippen molar-refractivity contribution in [1.82, 2.24) is 29.9 Å². The molecule has 104 valence electrons. The molecular formula is C12H19ClN6. The summed E-state index contributed by atoms with van der Waals surface area (Å²) in [5.74, 6) is 0.848. The van der Waals surface area contributed by atoms with Crippen LogP contribution in [-0.2, 0) is 33.5 Å². The molecule has 0 fully saturated rings. The van der Waals surface area contributed by atoms with Gasteiger partial charge in [0.15, 0.2) is 5.82 Å². The quantitative estimate of drug-likeness (QED) is 0.806. The third-order valence-corrected chi connectivity index (χ3v) is 3.40. The first-order chi connectivity index (χ1) is 9.11. The molecule has 0 saturated carbocycles. The molecule has 0 spiro atoms. The molecule has 0 radical (unpaired) electrons. The first kappa shape index (κ1) is 14.0. The highest BCUT2D eigenvalue weighted by Crippen LogP contribution is 2.20. The number of rotatable bonds is 6. The second kappa shape index (κ2) is 6.16. The van der Waals surface area contributed by atoms with Crippen molar-refractivity contribution in [3.63, 3.8) is 0 Å². The van der Waals surface area contributed by atoms with Crippen molar-refractivity contribution in [1.29, 1.82) is 0 Å². The molecule has 0 atom stereocenters. The standard InChI is InChI=1S/C12H19ClN6/c1-4-9-12(13)10(19(3)16-9)7-14-6-5-11-15-8-18(2)17-11/h8,14H,4-7H2,1-3H3. The fourth-order valence-corrected chi connectivity index (χ4v) is 2.28. The molecule has 0 aliphatic heterocycles. The summed E-state index contributed by atoms with van der Waals surface area (Å²) in [7, 11) is 3.79. The lowest BCUT2D eigenvalue weighted by molar-refractivity contribution is 0.614. The Morgan fingerprint density at radius 2 is 2.11 bits per heavy atom. The van der Waals surface area contributed by atoms with Gasteiger partial charge in [-0.25, -0.2) is 4.98 Å². The summed E-state index contributed by atoms with van der Waals surface area (Å²) < 4.78 is 3.55. The maximum atomic E-state index is 6.28. The third kappa shape index (κ3) is 3.33. The second-order valence-electron chi connectivity index (χ2n) is 4.45. The Morgan fingerprint density at radius 3 is 2.68 bits per heavy atom. The Bertz CT molecular complexity index is 544. The van der Waals surface area contributed by atoms with Crippen LogP contribution in [0.1, 0.15) is 24.1 Å². The van der Waals surface area contributed by atoms with Gasteiger partial charge in [-0.1, -0.05) is 18.5 Å². The van der Waals surface area contributed by atoms with Crippen LogP contribution < -0.4 is 5.32 Å². The highest BCUT2D eigenvalue weighted by Gasteiger charge is 2.12. The van der Waals surface area contributed by atoms with Gasteiger partial charge in [-0.3, -0.25) is 9.36 Å². The van der Waals surface area contributed by atoms with Gasteiger partial charge in [-0.2, -0.15) is 10.2 Å². The summed E-state index contributed by atoms with van der Waals surface area (Å²) in [5.41, 5.74) is 1.97. The lowest BCUT2D eigenvalue weighted by Gasteiger charge is -2.04. The van der Waals surface area contributed by atoms with Gasteiger partial charge in [0.25, 0.3) is 0 Å². The van der Waals surface area contributed by atoms with Gasteiger partial charge in [0.1, 0.15) is 6.33 Å². The molecule has 0 amide bonds. The molecule has 2 heterocycles. The Labute approximate surface area is 117 Å². The van der Waals surface area contributed by atoms with Crippen LogP contribution in [0.4, 0.5) is 0 Å². The summed E-state index contributed by atoms with van der Waals surface area (Å²) in [5, 5.41) is 12.7. The van der Waals surface area contributed by atoms with Crippen LogP contribution in [-0.4, -0.2) is 31.1 Å². The van der Waals surface area contributed by atoms with Crippen molar-refractivity contribution >= 4 is 11.6 Å². The Hall–Kier alpha value is -1.40. The predicted octanol–water partition coefficient (Wildman–Crippen LogP) is 1.10. The summed E-state index contributed by atoms with van der Waals surface area (Å²) in [6, 6.07) is 0. The van der Waals surface area contributed by atoms with Crippen LogP contribution in [0.3, 0.4) is 0 Å². The Kier molecular flexibility index (Phi) is 4.55. The number of halogens is 1. The van der Waals surface area contributed by atoms with E-state index in [1.165, 1.54) is 0 Å². The summed E-state index contributed by atoms with van der Waals surface area (Å²) in [4.78, 5) is 4.18. The average Bonchev–Trinajstić information content (AvgIpc) is 2.91. The molecule has 6 nitrogen and oxygen atoms in total. The molecule has 0 bridgehead atoms. The summed E-state index contributed by atoms with van der Waals surface area (Å²) in [6.07, 6.45) is 3.36. The first-order valence-corrected chi connectivity index (χ1v) is 6.75. The molecule has 0 unspecified atom stereocenters. The van der Waals surface area contributed by atoms with Gasteiger partial charge in [0, 0.05) is 33.6 Å². The Balaban J connectivity index is 1.84. The number of nitrogens with zero attached hydrogens (tertiary/aromatic N) is 5. The number of hydrogen-bond acceptors (Lipinski definition) is 4. The topological polar surface area (TPSA) is 60.6 Å². The van der Waals surface area contributed by atoms with E-state index in [-0.39, 0.29) is 0 Å². The van der Waals surface area contributed by atoms with E-state index in [1.807, 2.05) is 18.8 Å². The monoisotopic (exact) mass is 282 g/mol. The number of aryl methyl sites for hydroxylation is 3. The SMILES string of the molecule is CCc1nn(C)c(CNCCc2ncn(C)n2)c1Cl. The van der Waals surface area contributed by atoms with Crippen LogP contribution >= 0.6 is 11.6 Å². The van der Waals surface area contributed by atoms with E-state index in [4.69, 9.17) is 11.6 Å². The van der Waals surface area contributed by atoms with Gasteiger partial charge in [0.05, 0.1) is 16.4 Å². The second-order valence-corrected chi connectivity index (χ2v) is 4.82. The molecule has 2 rings (SSSR count). The number of hydrogen-bond donors (Lipinski definition) is 1. The normalized spacial score (nSPS) is 11.2. The molecule has 2 aromatic heterocycles. The zero-order valence-corrected chi connectivity index (χ0v) is 12.3. The molecule has 0 aromatic carbocycles. The van der Waals surface area contributed by atoms with Crippen LogP contribution in [0, 0.1) is 0 Å². The molecule has 1 N–H and O–H groups in total. The van der Waals surface area contributed by atoms with Gasteiger partial charge < -0.3 is 5.32 Å². The van der Waals surface area contributed by atoms with Gasteiger partial charge in [-0.05, 0) is 6.42 Å². The van der Waals surface area contributed by atoms with Crippen molar-refractivity contribution in [2.24, 2.45) is 14.1 Å². The highest BCUT2D eigenvalue weighted by atomic mass is 35.5. The van der Waals surface area contributed by atoms with Crippen molar-refractivity contribution in [2.75, 3.05) is 6.54 Å². The van der Waals surface area contributed by atoms with Crippen molar-refractivity contribution in [3.8, 4) is 0 Å². The Morgan fingerprint density at radius 1 is 1.32 bits per heavy atom. The average molecular weight is 283 g/mol. The van der Waals surface area contributed by atoms with E-state index in [9.17, 15) is 0 Å². The number of nitrogens with one attached hydrogen (secondary N) is 1. The predicted molar refractivity (Wildman–Crippen MR) is 74.0 cm³/mol. The van der Waals surface area contributed by atoms with Crippen LogP contribution in [0.2, 0.25) is 5.02 Å². The minimum atomic E-state index is 0.704. The minimum absolute atomic E-state index is 0.704. The van der Waals surface area contributed by atoms with Crippen molar-refractivity contribution < 1.29 is 0 Å². The lowest BCUT2D eigenvalue weighted by Crippen LogP contribution is -2.19. The molecule has 0 aliphatic carbocycles. The zero-order chi connectivity index (χ0) is 13.8. The third-order valence-electron chi connectivity index (χ3n) is 2.97. The van der Waals surface area contributed by atoms with E-state index >= 15 is 0 Å². The van der Waals surface area contributed by atoms with Crippen molar-refractivity contribution in [2.45, 2.75) is 26.3 Å².